The number of carbonyl (C=O) groups excluding carboxylic acids is 1. The standard InChI is InChI=1S/C8H7NO3S/c10-7-5-3-1-2-4-6(5)8(9-7)13(11)12/h1-4,8H,(H,9,10)(H,11,12)/p-1. The minimum absolute atomic E-state index is 0.329. The molecule has 0 bridgehead atoms. The Balaban J connectivity index is 2.53. The molecule has 5 heteroatoms. The van der Waals surface area contributed by atoms with Crippen molar-refractivity contribution in [2.45, 2.75) is 5.37 Å². The third-order valence-corrected chi connectivity index (χ3v) is 2.70. The van der Waals surface area contributed by atoms with Crippen molar-refractivity contribution < 1.29 is 13.6 Å². The minimum Gasteiger partial charge on any atom is -0.770 e. The predicted molar refractivity (Wildman–Crippen MR) is 45.6 cm³/mol. The average Bonchev–Trinajstić information content (AvgIpc) is 2.45. The third-order valence-electron chi connectivity index (χ3n) is 1.94. The summed E-state index contributed by atoms with van der Waals surface area (Å²) in [6, 6.07) is 6.65. The second-order valence-corrected chi connectivity index (χ2v) is 3.69. The summed E-state index contributed by atoms with van der Waals surface area (Å²) < 4.78 is 21.4. The fourth-order valence-electron chi connectivity index (χ4n) is 1.36. The van der Waals surface area contributed by atoms with Gasteiger partial charge < -0.3 is 9.87 Å². The first-order chi connectivity index (χ1) is 6.20. The molecule has 0 aliphatic carbocycles. The summed E-state index contributed by atoms with van der Waals surface area (Å²) in [7, 11) is 0. The first-order valence-electron chi connectivity index (χ1n) is 3.68. The SMILES string of the molecule is O=C1NC(S(=O)[O-])c2ccccc21. The molecule has 1 aromatic rings. The number of hydrogen-bond donors (Lipinski definition) is 1. The van der Waals surface area contributed by atoms with Gasteiger partial charge in [-0.05, 0) is 22.7 Å². The van der Waals surface area contributed by atoms with Crippen LogP contribution in [-0.4, -0.2) is 14.7 Å². The maximum Gasteiger partial charge on any atom is 0.252 e. The zero-order valence-electron chi connectivity index (χ0n) is 6.52. The van der Waals surface area contributed by atoms with Crippen LogP contribution < -0.4 is 5.32 Å². The lowest BCUT2D eigenvalue weighted by Crippen LogP contribution is -2.22. The van der Waals surface area contributed by atoms with E-state index < -0.39 is 16.5 Å². The zero-order chi connectivity index (χ0) is 9.42. The second kappa shape index (κ2) is 2.93. The van der Waals surface area contributed by atoms with Gasteiger partial charge in [-0.3, -0.25) is 9.00 Å². The molecule has 0 radical (unpaired) electrons. The number of amides is 1. The highest BCUT2D eigenvalue weighted by Crippen LogP contribution is 2.26. The largest absolute Gasteiger partial charge is 0.770 e. The lowest BCUT2D eigenvalue weighted by atomic mass is 10.1. The van der Waals surface area contributed by atoms with Gasteiger partial charge in [0.05, 0.1) is 0 Å². The Bertz CT molecular complexity index is 391. The van der Waals surface area contributed by atoms with Crippen LogP contribution >= 0.6 is 0 Å². The van der Waals surface area contributed by atoms with E-state index in [1.165, 1.54) is 0 Å². The lowest BCUT2D eigenvalue weighted by molar-refractivity contribution is 0.0963. The number of carbonyl (C=O) groups is 1. The van der Waals surface area contributed by atoms with Gasteiger partial charge in [-0.1, -0.05) is 18.2 Å². The highest BCUT2D eigenvalue weighted by atomic mass is 32.2. The van der Waals surface area contributed by atoms with Crippen molar-refractivity contribution in [3.05, 3.63) is 35.4 Å². The molecule has 1 N–H and O–H groups in total. The van der Waals surface area contributed by atoms with Crippen LogP contribution in [-0.2, 0) is 11.1 Å². The Labute approximate surface area is 77.2 Å². The van der Waals surface area contributed by atoms with Crippen LogP contribution in [0.1, 0.15) is 21.3 Å². The highest BCUT2D eigenvalue weighted by molar-refractivity contribution is 7.79. The van der Waals surface area contributed by atoms with Crippen LogP contribution in [0.15, 0.2) is 24.3 Å². The maximum absolute atomic E-state index is 11.2. The Morgan fingerprint density at radius 1 is 1.38 bits per heavy atom. The van der Waals surface area contributed by atoms with Crippen LogP contribution in [0, 0.1) is 0 Å². The summed E-state index contributed by atoms with van der Waals surface area (Å²) in [6.45, 7) is 0. The Morgan fingerprint density at radius 2 is 2.08 bits per heavy atom. The first kappa shape index (κ1) is 8.40. The van der Waals surface area contributed by atoms with Gasteiger partial charge in [-0.25, -0.2) is 0 Å². The Hall–Kier alpha value is -1.20. The molecule has 1 amide bonds. The summed E-state index contributed by atoms with van der Waals surface area (Å²) in [5, 5.41) is 1.48. The zero-order valence-corrected chi connectivity index (χ0v) is 7.34. The van der Waals surface area contributed by atoms with Gasteiger partial charge in [-0.15, -0.1) is 0 Å². The fraction of sp³-hybridized carbons (Fsp3) is 0.125. The van der Waals surface area contributed by atoms with Gasteiger partial charge in [0, 0.05) is 5.56 Å². The van der Waals surface area contributed by atoms with Crippen LogP contribution in [0.4, 0.5) is 0 Å². The van der Waals surface area contributed by atoms with Crippen molar-refractivity contribution in [3.8, 4) is 0 Å². The first-order valence-corrected chi connectivity index (χ1v) is 4.82. The minimum atomic E-state index is -2.30. The number of nitrogens with one attached hydrogen (secondary N) is 1. The van der Waals surface area contributed by atoms with E-state index in [2.05, 4.69) is 5.32 Å². The van der Waals surface area contributed by atoms with Gasteiger partial charge in [0.2, 0.25) is 0 Å². The molecule has 0 aromatic heterocycles. The molecular formula is C8H6NO3S-. The van der Waals surface area contributed by atoms with Crippen molar-refractivity contribution in [3.63, 3.8) is 0 Å². The molecule has 2 atom stereocenters. The van der Waals surface area contributed by atoms with Gasteiger partial charge in [0.1, 0.15) is 5.37 Å². The normalized spacial score (nSPS) is 22.2. The smallest absolute Gasteiger partial charge is 0.252 e. The van der Waals surface area contributed by atoms with Gasteiger partial charge in [0.25, 0.3) is 5.91 Å². The van der Waals surface area contributed by atoms with Gasteiger partial charge >= 0.3 is 0 Å². The van der Waals surface area contributed by atoms with Crippen molar-refractivity contribution in [2.75, 3.05) is 0 Å². The fourth-order valence-corrected chi connectivity index (χ4v) is 1.97. The molecule has 4 nitrogen and oxygen atoms in total. The Kier molecular flexibility index (Phi) is 1.90. The second-order valence-electron chi connectivity index (χ2n) is 2.70. The molecule has 0 spiro atoms. The molecule has 0 saturated carbocycles. The highest BCUT2D eigenvalue weighted by Gasteiger charge is 2.28. The summed E-state index contributed by atoms with van der Waals surface area (Å²) in [5.41, 5.74) is 0.970. The molecule has 0 saturated heterocycles. The molecule has 2 rings (SSSR count). The summed E-state index contributed by atoms with van der Waals surface area (Å²) in [4.78, 5) is 11.2. The van der Waals surface area contributed by atoms with Gasteiger partial charge in [0.15, 0.2) is 0 Å². The molecule has 1 aliphatic heterocycles. The molecule has 1 aliphatic rings. The lowest BCUT2D eigenvalue weighted by Gasteiger charge is -2.13. The van der Waals surface area contributed by atoms with E-state index in [0.717, 1.165) is 0 Å². The van der Waals surface area contributed by atoms with Crippen molar-refractivity contribution in [1.82, 2.24) is 5.32 Å². The quantitative estimate of drug-likeness (QED) is 0.657. The van der Waals surface area contributed by atoms with Crippen LogP contribution in [0.5, 0.6) is 0 Å². The average molecular weight is 196 g/mol. The van der Waals surface area contributed by atoms with E-state index in [-0.39, 0.29) is 5.91 Å². The van der Waals surface area contributed by atoms with Gasteiger partial charge in [-0.2, -0.15) is 0 Å². The third kappa shape index (κ3) is 1.26. The van der Waals surface area contributed by atoms with Crippen LogP contribution in [0.25, 0.3) is 0 Å². The summed E-state index contributed by atoms with van der Waals surface area (Å²) in [6.07, 6.45) is 0. The molecule has 1 aromatic carbocycles. The molecule has 1 heterocycles. The summed E-state index contributed by atoms with van der Waals surface area (Å²) >= 11 is -2.30. The van der Waals surface area contributed by atoms with Crippen molar-refractivity contribution in [2.24, 2.45) is 0 Å². The summed E-state index contributed by atoms with van der Waals surface area (Å²) in [5.74, 6) is -0.329. The number of fused-ring (bicyclic) bond motifs is 1. The van der Waals surface area contributed by atoms with Crippen molar-refractivity contribution >= 4 is 17.0 Å². The maximum atomic E-state index is 11.2. The van der Waals surface area contributed by atoms with E-state index in [4.69, 9.17) is 0 Å². The molecule has 0 fully saturated rings. The van der Waals surface area contributed by atoms with Crippen molar-refractivity contribution in [1.29, 1.82) is 0 Å². The molecular weight excluding hydrogens is 190 g/mol. The number of hydrogen-bond acceptors (Lipinski definition) is 3. The van der Waals surface area contributed by atoms with E-state index in [0.29, 0.717) is 11.1 Å². The van der Waals surface area contributed by atoms with E-state index in [1.807, 2.05) is 0 Å². The molecule has 13 heavy (non-hydrogen) atoms. The molecule has 68 valence electrons. The van der Waals surface area contributed by atoms with E-state index in [1.54, 1.807) is 24.3 Å². The van der Waals surface area contributed by atoms with E-state index in [9.17, 15) is 13.6 Å². The monoisotopic (exact) mass is 196 g/mol. The van der Waals surface area contributed by atoms with Crippen LogP contribution in [0.2, 0.25) is 0 Å². The van der Waals surface area contributed by atoms with Crippen LogP contribution in [0.3, 0.4) is 0 Å². The Morgan fingerprint density at radius 3 is 2.77 bits per heavy atom. The topological polar surface area (TPSA) is 69.2 Å². The predicted octanol–water partition coefficient (Wildman–Crippen LogP) is 0.308. The van der Waals surface area contributed by atoms with E-state index >= 15 is 0 Å². The molecule has 2 unspecified atom stereocenters. The number of rotatable bonds is 1. The number of benzene rings is 1.